The van der Waals surface area contributed by atoms with Crippen molar-refractivity contribution in [3.63, 3.8) is 0 Å². The Labute approximate surface area is 109 Å². The van der Waals surface area contributed by atoms with Gasteiger partial charge >= 0.3 is 12.3 Å². The monoisotopic (exact) mass is 278 g/mol. The maximum Gasteiger partial charge on any atom is 0.428 e. The second-order valence-corrected chi connectivity index (χ2v) is 5.76. The van der Waals surface area contributed by atoms with Gasteiger partial charge in [0.05, 0.1) is 0 Å². The lowest BCUT2D eigenvalue weighted by Gasteiger charge is -2.43. The van der Waals surface area contributed by atoms with Crippen molar-refractivity contribution < 1.29 is 22.7 Å². The van der Waals surface area contributed by atoms with Crippen LogP contribution in [-0.2, 0) is 4.74 Å². The Bertz CT molecular complexity index is 370. The van der Waals surface area contributed by atoms with Gasteiger partial charge in [0, 0.05) is 25.2 Å². The van der Waals surface area contributed by atoms with Gasteiger partial charge in [-0.15, -0.1) is 0 Å². The van der Waals surface area contributed by atoms with Crippen LogP contribution in [0.2, 0.25) is 0 Å². The van der Waals surface area contributed by atoms with Crippen molar-refractivity contribution in [2.75, 3.05) is 13.1 Å². The van der Waals surface area contributed by atoms with E-state index in [1.807, 2.05) is 0 Å². The first-order valence-corrected chi connectivity index (χ1v) is 6.70. The SMILES string of the molecule is O=C(OC1(C(F)(F)F)CCC1)N1CC2CCC(C1)N2. The first-order valence-electron chi connectivity index (χ1n) is 6.70. The minimum atomic E-state index is -4.46. The summed E-state index contributed by atoms with van der Waals surface area (Å²) in [7, 11) is 0. The predicted molar refractivity (Wildman–Crippen MR) is 60.6 cm³/mol. The molecule has 4 nitrogen and oxygen atoms in total. The van der Waals surface area contributed by atoms with E-state index >= 15 is 0 Å². The fourth-order valence-electron chi connectivity index (χ4n) is 3.12. The molecule has 0 aromatic carbocycles. The van der Waals surface area contributed by atoms with Crippen LogP contribution in [0.25, 0.3) is 0 Å². The van der Waals surface area contributed by atoms with Gasteiger partial charge in [0.25, 0.3) is 0 Å². The van der Waals surface area contributed by atoms with Crippen LogP contribution in [0.1, 0.15) is 32.1 Å². The number of amides is 1. The van der Waals surface area contributed by atoms with E-state index in [9.17, 15) is 18.0 Å². The summed E-state index contributed by atoms with van der Waals surface area (Å²) >= 11 is 0. The van der Waals surface area contributed by atoms with E-state index in [0.717, 1.165) is 12.8 Å². The van der Waals surface area contributed by atoms with Gasteiger partial charge in [-0.2, -0.15) is 13.2 Å². The molecule has 1 amide bonds. The summed E-state index contributed by atoms with van der Waals surface area (Å²) in [5.74, 6) is 0. The van der Waals surface area contributed by atoms with Crippen molar-refractivity contribution in [1.82, 2.24) is 10.2 Å². The summed E-state index contributed by atoms with van der Waals surface area (Å²) in [5, 5.41) is 3.32. The molecule has 2 atom stereocenters. The van der Waals surface area contributed by atoms with Gasteiger partial charge in [0.15, 0.2) is 0 Å². The minimum absolute atomic E-state index is 0.110. The number of hydrogen-bond acceptors (Lipinski definition) is 3. The Morgan fingerprint density at radius 1 is 1.21 bits per heavy atom. The predicted octanol–water partition coefficient (Wildman–Crippen LogP) is 2.04. The number of carbonyl (C=O) groups is 1. The Kier molecular flexibility index (Phi) is 2.92. The molecule has 3 aliphatic rings. The van der Waals surface area contributed by atoms with Gasteiger partial charge in [-0.25, -0.2) is 4.79 Å². The zero-order chi connectivity index (χ0) is 13.7. The van der Waals surface area contributed by atoms with Crippen molar-refractivity contribution in [2.24, 2.45) is 0 Å². The number of piperazine rings is 1. The summed E-state index contributed by atoms with van der Waals surface area (Å²) < 4.78 is 43.7. The molecule has 0 aromatic heterocycles. The van der Waals surface area contributed by atoms with E-state index in [1.54, 1.807) is 0 Å². The lowest BCUT2D eigenvalue weighted by Crippen LogP contribution is -2.59. The number of likely N-dealkylation sites (tertiary alicyclic amines) is 1. The van der Waals surface area contributed by atoms with Crippen LogP contribution in [0.5, 0.6) is 0 Å². The Balaban J connectivity index is 1.65. The summed E-state index contributed by atoms with van der Waals surface area (Å²) in [6, 6.07) is 0.407. The lowest BCUT2D eigenvalue weighted by molar-refractivity contribution is -0.286. The van der Waals surface area contributed by atoms with Crippen LogP contribution >= 0.6 is 0 Å². The fourth-order valence-corrected chi connectivity index (χ4v) is 3.12. The zero-order valence-corrected chi connectivity index (χ0v) is 10.5. The van der Waals surface area contributed by atoms with Crippen LogP contribution in [0.15, 0.2) is 0 Å². The molecule has 1 N–H and O–H groups in total. The topological polar surface area (TPSA) is 41.6 Å². The molecule has 19 heavy (non-hydrogen) atoms. The van der Waals surface area contributed by atoms with Crippen molar-refractivity contribution in [2.45, 2.75) is 56.0 Å². The number of alkyl halides is 3. The van der Waals surface area contributed by atoms with Crippen LogP contribution in [0.4, 0.5) is 18.0 Å². The molecule has 2 bridgehead atoms. The molecule has 3 fully saturated rings. The van der Waals surface area contributed by atoms with Crippen LogP contribution in [-0.4, -0.2) is 47.9 Å². The normalized spacial score (nSPS) is 32.9. The third-order valence-corrected chi connectivity index (χ3v) is 4.44. The molecule has 7 heteroatoms. The number of nitrogens with zero attached hydrogens (tertiary/aromatic N) is 1. The Morgan fingerprint density at radius 3 is 2.21 bits per heavy atom. The van der Waals surface area contributed by atoms with Crippen molar-refractivity contribution in [1.29, 1.82) is 0 Å². The lowest BCUT2D eigenvalue weighted by atomic mass is 9.79. The summed E-state index contributed by atoms with van der Waals surface area (Å²) in [4.78, 5) is 13.4. The van der Waals surface area contributed by atoms with E-state index in [-0.39, 0.29) is 24.9 Å². The number of nitrogens with one attached hydrogen (secondary N) is 1. The van der Waals surface area contributed by atoms with E-state index in [1.165, 1.54) is 4.90 Å². The number of fused-ring (bicyclic) bond motifs is 2. The highest BCUT2D eigenvalue weighted by atomic mass is 19.4. The maximum absolute atomic E-state index is 12.9. The third kappa shape index (κ3) is 2.17. The smallest absolute Gasteiger partial charge is 0.428 e. The van der Waals surface area contributed by atoms with Gasteiger partial charge in [0.1, 0.15) is 0 Å². The third-order valence-electron chi connectivity index (χ3n) is 4.44. The molecule has 0 spiro atoms. The molecule has 3 rings (SSSR count). The highest BCUT2D eigenvalue weighted by Crippen LogP contribution is 2.48. The number of carbonyl (C=O) groups excluding carboxylic acids is 1. The largest absolute Gasteiger partial charge is 0.433 e. The van der Waals surface area contributed by atoms with Gasteiger partial charge in [-0.1, -0.05) is 0 Å². The highest BCUT2D eigenvalue weighted by molar-refractivity contribution is 5.69. The van der Waals surface area contributed by atoms with Gasteiger partial charge in [-0.05, 0) is 32.1 Å². The quantitative estimate of drug-likeness (QED) is 0.798. The molecular formula is C12H17F3N2O2. The minimum Gasteiger partial charge on any atom is -0.433 e. The van der Waals surface area contributed by atoms with E-state index in [2.05, 4.69) is 5.32 Å². The van der Waals surface area contributed by atoms with Crippen LogP contribution < -0.4 is 5.32 Å². The molecule has 2 heterocycles. The molecule has 1 aliphatic carbocycles. The molecule has 108 valence electrons. The second kappa shape index (κ2) is 4.26. The maximum atomic E-state index is 12.9. The molecule has 0 aromatic rings. The number of rotatable bonds is 1. The van der Waals surface area contributed by atoms with Gasteiger partial charge in [-0.3, -0.25) is 0 Å². The van der Waals surface area contributed by atoms with Crippen molar-refractivity contribution >= 4 is 6.09 Å². The number of halogens is 3. The zero-order valence-electron chi connectivity index (χ0n) is 10.5. The summed E-state index contributed by atoms with van der Waals surface area (Å²) in [5.41, 5.74) is -2.23. The molecular weight excluding hydrogens is 261 g/mol. The first-order chi connectivity index (χ1) is 8.90. The Hall–Kier alpha value is -0.980. The number of hydrogen-bond donors (Lipinski definition) is 1. The average Bonchev–Trinajstić information content (AvgIpc) is 2.60. The molecule has 2 unspecified atom stereocenters. The first kappa shape index (κ1) is 13.0. The highest BCUT2D eigenvalue weighted by Gasteiger charge is 2.62. The average molecular weight is 278 g/mol. The molecule has 1 saturated carbocycles. The van der Waals surface area contributed by atoms with E-state index < -0.39 is 17.9 Å². The van der Waals surface area contributed by atoms with Gasteiger partial charge in [0.2, 0.25) is 5.60 Å². The number of ether oxygens (including phenoxy) is 1. The fraction of sp³-hybridized carbons (Fsp3) is 0.917. The molecule has 2 aliphatic heterocycles. The van der Waals surface area contributed by atoms with Crippen molar-refractivity contribution in [3.8, 4) is 0 Å². The summed E-state index contributed by atoms with van der Waals surface area (Å²) in [6.07, 6.45) is -3.09. The molecule has 2 saturated heterocycles. The summed E-state index contributed by atoms with van der Waals surface area (Å²) in [6.45, 7) is 0.895. The second-order valence-electron chi connectivity index (χ2n) is 5.76. The van der Waals surface area contributed by atoms with Crippen LogP contribution in [0.3, 0.4) is 0 Å². The van der Waals surface area contributed by atoms with Crippen molar-refractivity contribution in [3.05, 3.63) is 0 Å². The molecule has 0 radical (unpaired) electrons. The van der Waals surface area contributed by atoms with Crippen LogP contribution in [0, 0.1) is 0 Å². The van der Waals surface area contributed by atoms with Gasteiger partial charge < -0.3 is 15.0 Å². The standard InChI is InChI=1S/C12H17F3N2O2/c13-12(14,15)11(4-1-5-11)19-10(18)17-6-8-2-3-9(7-17)16-8/h8-9,16H,1-7H2. The Morgan fingerprint density at radius 2 is 1.79 bits per heavy atom. The van der Waals surface area contributed by atoms with E-state index in [4.69, 9.17) is 4.74 Å². The van der Waals surface area contributed by atoms with E-state index in [0.29, 0.717) is 19.5 Å².